The predicted octanol–water partition coefficient (Wildman–Crippen LogP) is 3.23. The van der Waals surface area contributed by atoms with E-state index in [4.69, 9.17) is 0 Å². The number of likely N-dealkylation sites (tertiary alicyclic amines) is 1. The Bertz CT molecular complexity index is 439. The van der Waals surface area contributed by atoms with Gasteiger partial charge in [0.25, 0.3) is 0 Å². The number of benzene rings is 1. The number of nitrogens with one attached hydrogen (secondary N) is 1. The van der Waals surface area contributed by atoms with E-state index >= 15 is 0 Å². The van der Waals surface area contributed by atoms with E-state index in [-0.39, 0.29) is 5.91 Å². The lowest BCUT2D eigenvalue weighted by atomic mass is 9.99. The second-order valence-electron chi connectivity index (χ2n) is 6.03. The summed E-state index contributed by atoms with van der Waals surface area (Å²) in [5.74, 6) is 0.997. The monoisotopic (exact) mass is 352 g/mol. The summed E-state index contributed by atoms with van der Waals surface area (Å²) in [6, 6.07) is 7.91. The lowest BCUT2D eigenvalue weighted by Gasteiger charge is -2.30. The Balaban J connectivity index is 1.58. The zero-order valence-electron chi connectivity index (χ0n) is 12.8. The van der Waals surface area contributed by atoms with Gasteiger partial charge in [0, 0.05) is 11.0 Å². The van der Waals surface area contributed by atoms with E-state index in [1.807, 2.05) is 24.3 Å². The largest absolute Gasteiger partial charge is 0.356 e. The topological polar surface area (TPSA) is 32.3 Å². The summed E-state index contributed by atoms with van der Waals surface area (Å²) in [5, 5.41) is 3.02. The minimum absolute atomic E-state index is 0.115. The van der Waals surface area contributed by atoms with E-state index in [9.17, 15) is 4.79 Å². The molecule has 1 amide bonds. The van der Waals surface area contributed by atoms with Gasteiger partial charge in [-0.25, -0.2) is 0 Å². The van der Waals surface area contributed by atoms with Crippen molar-refractivity contribution in [2.24, 2.45) is 5.92 Å². The zero-order chi connectivity index (χ0) is 15.1. The van der Waals surface area contributed by atoms with Gasteiger partial charge in [-0.1, -0.05) is 35.0 Å². The molecule has 1 heterocycles. The quantitative estimate of drug-likeness (QED) is 0.797. The number of hydrogen-bond donors (Lipinski definition) is 1. The molecule has 116 valence electrons. The Morgan fingerprint density at radius 1 is 1.29 bits per heavy atom. The fraction of sp³-hybridized carbons (Fsp3) is 0.588. The van der Waals surface area contributed by atoms with E-state index in [0.717, 1.165) is 35.5 Å². The molecule has 0 unspecified atom stereocenters. The van der Waals surface area contributed by atoms with Crippen LogP contribution >= 0.6 is 15.9 Å². The Kier molecular flexibility index (Phi) is 6.71. The van der Waals surface area contributed by atoms with Crippen molar-refractivity contribution in [2.45, 2.75) is 32.6 Å². The number of nitrogens with zero attached hydrogens (tertiary/aromatic N) is 1. The van der Waals surface area contributed by atoms with Crippen LogP contribution in [0.2, 0.25) is 0 Å². The molecule has 1 N–H and O–H groups in total. The Morgan fingerprint density at radius 3 is 2.62 bits per heavy atom. The van der Waals surface area contributed by atoms with Crippen LogP contribution in [0.1, 0.15) is 31.7 Å². The Labute approximate surface area is 136 Å². The average Bonchev–Trinajstić information content (AvgIpc) is 2.48. The van der Waals surface area contributed by atoms with E-state index in [2.05, 4.69) is 33.1 Å². The summed E-state index contributed by atoms with van der Waals surface area (Å²) >= 11 is 3.40. The van der Waals surface area contributed by atoms with Gasteiger partial charge in [0.1, 0.15) is 0 Å². The van der Waals surface area contributed by atoms with Gasteiger partial charge >= 0.3 is 0 Å². The molecule has 3 nitrogen and oxygen atoms in total. The van der Waals surface area contributed by atoms with Gasteiger partial charge < -0.3 is 10.2 Å². The SMILES string of the molecule is CC1CCN(CCCNC(=O)Cc2ccc(Br)cc2)CC1. The summed E-state index contributed by atoms with van der Waals surface area (Å²) in [6.07, 6.45) is 4.14. The number of piperidine rings is 1. The molecule has 0 saturated carbocycles. The van der Waals surface area contributed by atoms with Crippen LogP contribution in [-0.4, -0.2) is 37.0 Å². The third-order valence-electron chi connectivity index (χ3n) is 4.13. The molecule has 21 heavy (non-hydrogen) atoms. The van der Waals surface area contributed by atoms with Gasteiger partial charge in [-0.3, -0.25) is 4.79 Å². The maximum absolute atomic E-state index is 11.9. The molecule has 0 aromatic heterocycles. The van der Waals surface area contributed by atoms with Crippen molar-refractivity contribution >= 4 is 21.8 Å². The van der Waals surface area contributed by atoms with Crippen molar-refractivity contribution in [3.8, 4) is 0 Å². The van der Waals surface area contributed by atoms with E-state index < -0.39 is 0 Å². The van der Waals surface area contributed by atoms with Crippen LogP contribution in [0.5, 0.6) is 0 Å². The van der Waals surface area contributed by atoms with Crippen LogP contribution in [0.4, 0.5) is 0 Å². The second-order valence-corrected chi connectivity index (χ2v) is 6.95. The maximum Gasteiger partial charge on any atom is 0.224 e. The van der Waals surface area contributed by atoms with Crippen LogP contribution < -0.4 is 5.32 Å². The maximum atomic E-state index is 11.9. The van der Waals surface area contributed by atoms with Gasteiger partial charge in [-0.05, 0) is 62.5 Å². The molecule has 0 radical (unpaired) electrons. The van der Waals surface area contributed by atoms with Crippen molar-refractivity contribution < 1.29 is 4.79 Å². The van der Waals surface area contributed by atoms with Crippen LogP contribution in [0.3, 0.4) is 0 Å². The molecule has 0 atom stereocenters. The smallest absolute Gasteiger partial charge is 0.224 e. The van der Waals surface area contributed by atoms with Crippen LogP contribution in [-0.2, 0) is 11.2 Å². The molecule has 0 spiro atoms. The van der Waals surface area contributed by atoms with Crippen molar-refractivity contribution in [2.75, 3.05) is 26.2 Å². The molecular weight excluding hydrogens is 328 g/mol. The molecular formula is C17H25BrN2O. The minimum atomic E-state index is 0.115. The van der Waals surface area contributed by atoms with Gasteiger partial charge in [0.2, 0.25) is 5.91 Å². The highest BCUT2D eigenvalue weighted by molar-refractivity contribution is 9.10. The molecule has 0 aliphatic carbocycles. The fourth-order valence-electron chi connectivity index (χ4n) is 2.67. The van der Waals surface area contributed by atoms with E-state index in [0.29, 0.717) is 6.42 Å². The molecule has 1 aliphatic rings. The average molecular weight is 353 g/mol. The summed E-state index contributed by atoms with van der Waals surface area (Å²) in [7, 11) is 0. The number of carbonyl (C=O) groups is 1. The highest BCUT2D eigenvalue weighted by Crippen LogP contribution is 2.15. The third kappa shape index (κ3) is 6.18. The van der Waals surface area contributed by atoms with Crippen LogP contribution in [0.15, 0.2) is 28.7 Å². The lowest BCUT2D eigenvalue weighted by Crippen LogP contribution is -2.35. The van der Waals surface area contributed by atoms with Gasteiger partial charge in [0.05, 0.1) is 6.42 Å². The summed E-state index contributed by atoms with van der Waals surface area (Å²) in [6.45, 7) is 6.65. The van der Waals surface area contributed by atoms with E-state index in [1.54, 1.807) is 0 Å². The molecule has 2 rings (SSSR count). The molecule has 1 aromatic rings. The minimum Gasteiger partial charge on any atom is -0.356 e. The highest BCUT2D eigenvalue weighted by atomic mass is 79.9. The van der Waals surface area contributed by atoms with E-state index in [1.165, 1.54) is 25.9 Å². The fourth-order valence-corrected chi connectivity index (χ4v) is 2.93. The molecule has 1 saturated heterocycles. The zero-order valence-corrected chi connectivity index (χ0v) is 14.4. The summed E-state index contributed by atoms with van der Waals surface area (Å²) < 4.78 is 1.04. The van der Waals surface area contributed by atoms with Crippen molar-refractivity contribution in [3.63, 3.8) is 0 Å². The van der Waals surface area contributed by atoms with Crippen molar-refractivity contribution in [1.82, 2.24) is 10.2 Å². The van der Waals surface area contributed by atoms with Crippen LogP contribution in [0.25, 0.3) is 0 Å². The number of halogens is 1. The Hall–Kier alpha value is -0.870. The third-order valence-corrected chi connectivity index (χ3v) is 4.66. The first-order valence-electron chi connectivity index (χ1n) is 7.87. The van der Waals surface area contributed by atoms with Gasteiger partial charge in [-0.15, -0.1) is 0 Å². The first kappa shape index (κ1) is 16.5. The van der Waals surface area contributed by atoms with Gasteiger partial charge in [-0.2, -0.15) is 0 Å². The van der Waals surface area contributed by atoms with Crippen molar-refractivity contribution in [3.05, 3.63) is 34.3 Å². The predicted molar refractivity (Wildman–Crippen MR) is 90.3 cm³/mol. The molecule has 0 bridgehead atoms. The van der Waals surface area contributed by atoms with Crippen molar-refractivity contribution in [1.29, 1.82) is 0 Å². The molecule has 4 heteroatoms. The number of amides is 1. The number of rotatable bonds is 6. The van der Waals surface area contributed by atoms with Crippen LogP contribution in [0, 0.1) is 5.92 Å². The summed E-state index contributed by atoms with van der Waals surface area (Å²) in [4.78, 5) is 14.4. The summed E-state index contributed by atoms with van der Waals surface area (Å²) in [5.41, 5.74) is 1.06. The highest BCUT2D eigenvalue weighted by Gasteiger charge is 2.14. The first-order chi connectivity index (χ1) is 10.1. The normalized spacial score (nSPS) is 16.9. The first-order valence-corrected chi connectivity index (χ1v) is 8.66. The molecule has 1 aliphatic heterocycles. The van der Waals surface area contributed by atoms with Gasteiger partial charge in [0.15, 0.2) is 0 Å². The molecule has 1 aromatic carbocycles. The number of hydrogen-bond acceptors (Lipinski definition) is 2. The molecule has 1 fully saturated rings. The number of carbonyl (C=O) groups excluding carboxylic acids is 1. The second kappa shape index (κ2) is 8.54. The lowest BCUT2D eigenvalue weighted by molar-refractivity contribution is -0.120. The standard InChI is InChI=1S/C17H25BrN2O/c1-14-7-11-20(12-8-14)10-2-9-19-17(21)13-15-3-5-16(18)6-4-15/h3-6,14H,2,7-13H2,1H3,(H,19,21). The Morgan fingerprint density at radius 2 is 1.95 bits per heavy atom.